The van der Waals surface area contributed by atoms with E-state index in [1.54, 1.807) is 0 Å². The Morgan fingerprint density at radius 2 is 1.91 bits per heavy atom. The van der Waals surface area contributed by atoms with Crippen LogP contribution in [0.2, 0.25) is 0 Å². The summed E-state index contributed by atoms with van der Waals surface area (Å²) in [5.74, 6) is 4.27. The van der Waals surface area contributed by atoms with Crippen LogP contribution in [-0.2, 0) is 4.79 Å². The van der Waals surface area contributed by atoms with Crippen molar-refractivity contribution in [3.05, 3.63) is 0 Å². The summed E-state index contributed by atoms with van der Waals surface area (Å²) in [5, 5.41) is 3.34. The van der Waals surface area contributed by atoms with Crippen LogP contribution in [0, 0.1) is 11.8 Å². The number of thioether (sulfide) groups is 1. The maximum absolute atomic E-state index is 12.5. The van der Waals surface area contributed by atoms with Gasteiger partial charge in [0.15, 0.2) is 0 Å². The number of nitrogens with one attached hydrogen (secondary N) is 1. The van der Waals surface area contributed by atoms with Gasteiger partial charge in [-0.2, -0.15) is 11.8 Å². The molecule has 132 valence electrons. The standard InChI is InChI=1S/C19H34N2OS/c1-16-5-4-6-17(13-16)14-18(22)20-15-19(7-2-3-8-19)21-9-11-23-12-10-21/h16-17H,2-15H2,1H3,(H,20,22)/t16-,17-/m1/s1. The van der Waals surface area contributed by atoms with E-state index in [4.69, 9.17) is 0 Å². The van der Waals surface area contributed by atoms with Gasteiger partial charge in [0, 0.05) is 43.1 Å². The summed E-state index contributed by atoms with van der Waals surface area (Å²) in [6.45, 7) is 5.64. The fourth-order valence-corrected chi connectivity index (χ4v) is 5.92. The van der Waals surface area contributed by atoms with E-state index in [0.29, 0.717) is 11.8 Å². The predicted octanol–water partition coefficient (Wildman–Crippen LogP) is 3.68. The zero-order chi connectivity index (χ0) is 16.1. The molecule has 0 unspecified atom stereocenters. The van der Waals surface area contributed by atoms with Gasteiger partial charge >= 0.3 is 0 Å². The number of amides is 1. The molecule has 1 heterocycles. The van der Waals surface area contributed by atoms with Gasteiger partial charge in [0.1, 0.15) is 0 Å². The third-order valence-electron chi connectivity index (χ3n) is 6.35. The minimum atomic E-state index is 0.274. The van der Waals surface area contributed by atoms with Crippen LogP contribution in [-0.4, -0.2) is 47.5 Å². The maximum Gasteiger partial charge on any atom is 0.220 e. The smallest absolute Gasteiger partial charge is 0.220 e. The van der Waals surface area contributed by atoms with Gasteiger partial charge in [-0.3, -0.25) is 9.69 Å². The minimum Gasteiger partial charge on any atom is -0.354 e. The molecule has 3 rings (SSSR count). The van der Waals surface area contributed by atoms with E-state index in [0.717, 1.165) is 18.9 Å². The van der Waals surface area contributed by atoms with Gasteiger partial charge in [0.2, 0.25) is 5.91 Å². The Morgan fingerprint density at radius 3 is 2.61 bits per heavy atom. The Balaban J connectivity index is 1.49. The van der Waals surface area contributed by atoms with Gasteiger partial charge in [0.05, 0.1) is 0 Å². The molecule has 2 saturated carbocycles. The van der Waals surface area contributed by atoms with Gasteiger partial charge in [-0.25, -0.2) is 0 Å². The SMILES string of the molecule is C[C@@H]1CCC[C@@H](CC(=O)NCC2(N3CCSCC3)CCCC2)C1. The van der Waals surface area contributed by atoms with E-state index < -0.39 is 0 Å². The summed E-state index contributed by atoms with van der Waals surface area (Å²) in [6, 6.07) is 0. The summed E-state index contributed by atoms with van der Waals surface area (Å²) in [6.07, 6.45) is 11.2. The second kappa shape index (κ2) is 8.24. The Labute approximate surface area is 146 Å². The fraction of sp³-hybridized carbons (Fsp3) is 0.947. The van der Waals surface area contributed by atoms with E-state index >= 15 is 0 Å². The number of hydrogen-bond donors (Lipinski definition) is 1. The normalized spacial score (nSPS) is 31.9. The molecule has 1 saturated heterocycles. The monoisotopic (exact) mass is 338 g/mol. The first-order chi connectivity index (χ1) is 11.2. The first kappa shape index (κ1) is 17.6. The molecular formula is C19H34N2OS. The summed E-state index contributed by atoms with van der Waals surface area (Å²) in [4.78, 5) is 15.2. The highest BCUT2D eigenvalue weighted by molar-refractivity contribution is 7.99. The number of nitrogens with zero attached hydrogens (tertiary/aromatic N) is 1. The van der Waals surface area contributed by atoms with Gasteiger partial charge in [-0.05, 0) is 37.5 Å². The highest BCUT2D eigenvalue weighted by Crippen LogP contribution is 2.36. The summed E-state index contributed by atoms with van der Waals surface area (Å²) in [5.41, 5.74) is 0.274. The largest absolute Gasteiger partial charge is 0.354 e. The third-order valence-corrected chi connectivity index (χ3v) is 7.29. The molecule has 0 bridgehead atoms. The molecule has 0 radical (unpaired) electrons. The minimum absolute atomic E-state index is 0.274. The van der Waals surface area contributed by atoms with Gasteiger partial charge in [-0.15, -0.1) is 0 Å². The Kier molecular flexibility index (Phi) is 6.31. The molecule has 0 aromatic rings. The molecule has 3 aliphatic rings. The predicted molar refractivity (Wildman–Crippen MR) is 98.8 cm³/mol. The van der Waals surface area contributed by atoms with Crippen LogP contribution >= 0.6 is 11.8 Å². The van der Waals surface area contributed by atoms with Gasteiger partial charge < -0.3 is 5.32 Å². The van der Waals surface area contributed by atoms with Gasteiger partial charge in [-0.1, -0.05) is 32.6 Å². The lowest BCUT2D eigenvalue weighted by atomic mass is 9.80. The van der Waals surface area contributed by atoms with Crippen molar-refractivity contribution in [2.24, 2.45) is 11.8 Å². The lowest BCUT2D eigenvalue weighted by molar-refractivity contribution is -0.123. The molecule has 3 fully saturated rings. The Bertz CT molecular complexity index is 389. The lowest BCUT2D eigenvalue weighted by Gasteiger charge is -2.43. The van der Waals surface area contributed by atoms with Crippen LogP contribution in [0.3, 0.4) is 0 Å². The zero-order valence-electron chi connectivity index (χ0n) is 14.8. The third kappa shape index (κ3) is 4.66. The Morgan fingerprint density at radius 1 is 1.17 bits per heavy atom. The van der Waals surface area contributed by atoms with Crippen LogP contribution in [0.1, 0.15) is 64.7 Å². The highest BCUT2D eigenvalue weighted by Gasteiger charge is 2.40. The first-order valence-electron chi connectivity index (χ1n) is 9.77. The van der Waals surface area contributed by atoms with E-state index in [-0.39, 0.29) is 5.54 Å². The van der Waals surface area contributed by atoms with Crippen LogP contribution in [0.5, 0.6) is 0 Å². The van der Waals surface area contributed by atoms with E-state index in [1.807, 2.05) is 0 Å². The first-order valence-corrected chi connectivity index (χ1v) is 10.9. The van der Waals surface area contributed by atoms with E-state index in [9.17, 15) is 4.79 Å². The van der Waals surface area contributed by atoms with Crippen molar-refractivity contribution in [2.45, 2.75) is 70.3 Å². The van der Waals surface area contributed by atoms with E-state index in [1.165, 1.54) is 76.0 Å². The second-order valence-electron chi connectivity index (χ2n) is 8.15. The molecule has 4 heteroatoms. The summed E-state index contributed by atoms with van der Waals surface area (Å²) >= 11 is 2.07. The van der Waals surface area contributed by atoms with Crippen molar-refractivity contribution in [2.75, 3.05) is 31.1 Å². The highest BCUT2D eigenvalue weighted by atomic mass is 32.2. The van der Waals surface area contributed by atoms with Crippen molar-refractivity contribution < 1.29 is 4.79 Å². The van der Waals surface area contributed by atoms with Crippen molar-refractivity contribution >= 4 is 17.7 Å². The van der Waals surface area contributed by atoms with E-state index in [2.05, 4.69) is 28.9 Å². The fourth-order valence-electron chi connectivity index (χ4n) is 5.02. The quantitative estimate of drug-likeness (QED) is 0.830. The molecule has 0 spiro atoms. The number of carbonyl (C=O) groups is 1. The molecule has 1 amide bonds. The van der Waals surface area contributed by atoms with Gasteiger partial charge in [0.25, 0.3) is 0 Å². The van der Waals surface area contributed by atoms with Crippen molar-refractivity contribution in [1.82, 2.24) is 10.2 Å². The molecule has 0 aromatic heterocycles. The Hall–Kier alpha value is -0.220. The summed E-state index contributed by atoms with van der Waals surface area (Å²) in [7, 11) is 0. The molecule has 3 nitrogen and oxygen atoms in total. The molecule has 1 aliphatic heterocycles. The molecular weight excluding hydrogens is 304 g/mol. The number of hydrogen-bond acceptors (Lipinski definition) is 3. The van der Waals surface area contributed by atoms with Crippen LogP contribution in [0.4, 0.5) is 0 Å². The van der Waals surface area contributed by atoms with Crippen LogP contribution in [0.25, 0.3) is 0 Å². The lowest BCUT2D eigenvalue weighted by Crippen LogP contribution is -2.56. The molecule has 0 aromatic carbocycles. The van der Waals surface area contributed by atoms with Crippen LogP contribution in [0.15, 0.2) is 0 Å². The topological polar surface area (TPSA) is 32.3 Å². The maximum atomic E-state index is 12.5. The van der Waals surface area contributed by atoms with Crippen molar-refractivity contribution in [3.8, 4) is 0 Å². The van der Waals surface area contributed by atoms with Crippen molar-refractivity contribution in [3.63, 3.8) is 0 Å². The average Bonchev–Trinajstić information content (AvgIpc) is 3.04. The molecule has 1 N–H and O–H groups in total. The summed E-state index contributed by atoms with van der Waals surface area (Å²) < 4.78 is 0. The molecule has 2 aliphatic carbocycles. The average molecular weight is 339 g/mol. The second-order valence-corrected chi connectivity index (χ2v) is 9.37. The zero-order valence-corrected chi connectivity index (χ0v) is 15.6. The number of carbonyl (C=O) groups excluding carboxylic acids is 1. The molecule has 2 atom stereocenters. The molecule has 23 heavy (non-hydrogen) atoms. The van der Waals surface area contributed by atoms with Crippen molar-refractivity contribution in [1.29, 1.82) is 0 Å². The van der Waals surface area contributed by atoms with Crippen LogP contribution < -0.4 is 5.32 Å². The number of rotatable bonds is 5.